The molecule has 1 N–H and O–H groups in total. The highest BCUT2D eigenvalue weighted by atomic mass is 32.1. The van der Waals surface area contributed by atoms with Gasteiger partial charge >= 0.3 is 5.97 Å². The number of nitrogens with zero attached hydrogens (tertiary/aromatic N) is 2. The number of anilines is 1. The molecule has 35 heavy (non-hydrogen) atoms. The number of ether oxygens (including phenoxy) is 2. The number of fused-ring (bicyclic) bond motifs is 1. The molecule has 1 amide bonds. The third kappa shape index (κ3) is 4.95. The fourth-order valence-electron chi connectivity index (χ4n) is 3.80. The number of carbonyl (C=O) groups is 2. The lowest BCUT2D eigenvalue weighted by Crippen LogP contribution is -2.31. The molecule has 0 aliphatic rings. The number of aromatic nitrogens is 2. The third-order valence-corrected chi connectivity index (χ3v) is 6.85. The van der Waals surface area contributed by atoms with Gasteiger partial charge < -0.3 is 14.8 Å². The number of benzene rings is 2. The molecule has 0 bridgehead atoms. The summed E-state index contributed by atoms with van der Waals surface area (Å²) < 4.78 is 12.0. The van der Waals surface area contributed by atoms with E-state index in [1.54, 1.807) is 38.1 Å². The number of para-hydroxylation sites is 2. The molecule has 1 unspecified atom stereocenters. The molecular formula is C26H25N3O5S. The van der Waals surface area contributed by atoms with E-state index in [0.29, 0.717) is 38.5 Å². The fourth-order valence-corrected chi connectivity index (χ4v) is 4.84. The van der Waals surface area contributed by atoms with Crippen molar-refractivity contribution in [3.05, 3.63) is 87.3 Å². The summed E-state index contributed by atoms with van der Waals surface area (Å²) in [7, 11) is 1.52. The van der Waals surface area contributed by atoms with Crippen LogP contribution in [0.3, 0.4) is 0 Å². The summed E-state index contributed by atoms with van der Waals surface area (Å²) in [6.07, 6.45) is 1.70. The predicted molar refractivity (Wildman–Crippen MR) is 135 cm³/mol. The van der Waals surface area contributed by atoms with Gasteiger partial charge in [0.25, 0.3) is 11.5 Å². The topological polar surface area (TPSA) is 99.5 Å². The van der Waals surface area contributed by atoms with Crippen molar-refractivity contribution >= 4 is 39.1 Å². The summed E-state index contributed by atoms with van der Waals surface area (Å²) in [5, 5.41) is 3.15. The van der Waals surface area contributed by atoms with E-state index in [4.69, 9.17) is 9.47 Å². The number of nitrogens with one attached hydrogen (secondary N) is 1. The average molecular weight is 492 g/mol. The van der Waals surface area contributed by atoms with Crippen molar-refractivity contribution in [2.75, 3.05) is 12.4 Å². The molecule has 0 radical (unpaired) electrons. The Kier molecular flexibility index (Phi) is 7.26. The lowest BCUT2D eigenvalue weighted by molar-refractivity contribution is -0.149. The zero-order valence-electron chi connectivity index (χ0n) is 19.6. The molecule has 2 aromatic heterocycles. The standard InChI is InChI=1S/C26H25N3O5S/c1-4-19(26(32)34-14-17-10-6-5-7-11-17)29-15-27-24-21(25(29)31)16(2)22(35-24)23(30)28-18-12-8-9-13-20(18)33-3/h5-13,15,19H,4,14H2,1-3H3,(H,28,30). The Balaban J connectivity index is 1.62. The second-order valence-electron chi connectivity index (χ2n) is 7.87. The first-order valence-corrected chi connectivity index (χ1v) is 11.9. The summed E-state index contributed by atoms with van der Waals surface area (Å²) in [4.78, 5) is 44.4. The minimum Gasteiger partial charge on any atom is -0.495 e. The number of aryl methyl sites for hydroxylation is 1. The van der Waals surface area contributed by atoms with Gasteiger partial charge in [0.05, 0.1) is 29.4 Å². The monoisotopic (exact) mass is 491 g/mol. The summed E-state index contributed by atoms with van der Waals surface area (Å²) in [5.74, 6) is -0.350. The molecule has 4 aromatic rings. The largest absolute Gasteiger partial charge is 0.495 e. The maximum Gasteiger partial charge on any atom is 0.329 e. The molecule has 180 valence electrons. The van der Waals surface area contributed by atoms with Gasteiger partial charge in [-0.25, -0.2) is 9.78 Å². The van der Waals surface area contributed by atoms with Crippen LogP contribution in [0.25, 0.3) is 10.2 Å². The van der Waals surface area contributed by atoms with E-state index in [9.17, 15) is 14.4 Å². The van der Waals surface area contributed by atoms with Gasteiger partial charge in [0.15, 0.2) is 0 Å². The molecule has 0 aliphatic carbocycles. The van der Waals surface area contributed by atoms with Crippen molar-refractivity contribution in [1.82, 2.24) is 9.55 Å². The van der Waals surface area contributed by atoms with E-state index < -0.39 is 12.0 Å². The molecule has 4 rings (SSSR count). The van der Waals surface area contributed by atoms with Crippen molar-refractivity contribution < 1.29 is 19.1 Å². The Hall–Kier alpha value is -3.98. The van der Waals surface area contributed by atoms with Crippen molar-refractivity contribution in [2.24, 2.45) is 0 Å². The molecule has 0 spiro atoms. The number of rotatable bonds is 8. The first kappa shape index (κ1) is 24.2. The maximum absolute atomic E-state index is 13.4. The predicted octanol–water partition coefficient (Wildman–Crippen LogP) is 4.72. The minimum atomic E-state index is -0.826. The average Bonchev–Trinajstić information content (AvgIpc) is 3.22. The van der Waals surface area contributed by atoms with Crippen molar-refractivity contribution in [1.29, 1.82) is 0 Å². The first-order chi connectivity index (χ1) is 16.9. The van der Waals surface area contributed by atoms with Gasteiger partial charge in [0.2, 0.25) is 0 Å². The highest BCUT2D eigenvalue weighted by Gasteiger charge is 2.25. The van der Waals surface area contributed by atoms with Crippen LogP contribution < -0.4 is 15.6 Å². The number of hydrogen-bond donors (Lipinski definition) is 1. The second kappa shape index (κ2) is 10.5. The quantitative estimate of drug-likeness (QED) is 0.358. The van der Waals surface area contributed by atoms with Gasteiger partial charge in [-0.15, -0.1) is 11.3 Å². The molecule has 0 saturated carbocycles. The molecule has 0 aliphatic heterocycles. The van der Waals surface area contributed by atoms with Crippen molar-refractivity contribution in [3.63, 3.8) is 0 Å². The molecular weight excluding hydrogens is 466 g/mol. The molecule has 9 heteroatoms. The Labute approximate surface area is 206 Å². The van der Waals surface area contributed by atoms with Gasteiger partial charge in [-0.2, -0.15) is 0 Å². The van der Waals surface area contributed by atoms with Crippen LogP contribution in [0.2, 0.25) is 0 Å². The summed E-state index contributed by atoms with van der Waals surface area (Å²) in [6.45, 7) is 3.63. The second-order valence-corrected chi connectivity index (χ2v) is 8.86. The third-order valence-electron chi connectivity index (χ3n) is 5.66. The first-order valence-electron chi connectivity index (χ1n) is 11.1. The number of methoxy groups -OCH3 is 1. The Morgan fingerprint density at radius 2 is 1.83 bits per heavy atom. The molecule has 1 atom stereocenters. The highest BCUT2D eigenvalue weighted by molar-refractivity contribution is 7.20. The Morgan fingerprint density at radius 1 is 1.11 bits per heavy atom. The summed E-state index contributed by atoms with van der Waals surface area (Å²) >= 11 is 1.13. The molecule has 0 saturated heterocycles. The zero-order valence-corrected chi connectivity index (χ0v) is 20.4. The molecule has 2 heterocycles. The smallest absolute Gasteiger partial charge is 0.329 e. The van der Waals surface area contributed by atoms with Crippen LogP contribution in [0.5, 0.6) is 5.75 Å². The van der Waals surface area contributed by atoms with Crippen LogP contribution in [0.4, 0.5) is 5.69 Å². The Bertz CT molecular complexity index is 1430. The van der Waals surface area contributed by atoms with Crippen LogP contribution in [0, 0.1) is 6.92 Å². The zero-order chi connectivity index (χ0) is 24.9. The molecule has 0 fully saturated rings. The normalized spacial score (nSPS) is 11.7. The van der Waals surface area contributed by atoms with Crippen molar-refractivity contribution in [3.8, 4) is 5.75 Å². The van der Waals surface area contributed by atoms with Gasteiger partial charge in [-0.1, -0.05) is 49.4 Å². The summed E-state index contributed by atoms with van der Waals surface area (Å²) in [6, 6.07) is 15.6. The molecule has 8 nitrogen and oxygen atoms in total. The van der Waals surface area contributed by atoms with Gasteiger partial charge in [-0.05, 0) is 36.6 Å². The van der Waals surface area contributed by atoms with E-state index >= 15 is 0 Å². The Morgan fingerprint density at radius 3 is 2.54 bits per heavy atom. The lowest BCUT2D eigenvalue weighted by atomic mass is 10.1. The maximum atomic E-state index is 13.4. The SMILES string of the molecule is CCC(C(=O)OCc1ccccc1)n1cnc2sc(C(=O)Nc3ccccc3OC)c(C)c2c1=O. The highest BCUT2D eigenvalue weighted by Crippen LogP contribution is 2.30. The fraction of sp³-hybridized carbons (Fsp3) is 0.231. The van der Waals surface area contributed by atoms with E-state index in [1.807, 2.05) is 30.3 Å². The lowest BCUT2D eigenvalue weighted by Gasteiger charge is -2.17. The molecule has 2 aromatic carbocycles. The number of esters is 1. The van der Waals surface area contributed by atoms with Crippen LogP contribution in [0.15, 0.2) is 65.7 Å². The van der Waals surface area contributed by atoms with Gasteiger partial charge in [0, 0.05) is 0 Å². The van der Waals surface area contributed by atoms with E-state index in [1.165, 1.54) is 18.0 Å². The van der Waals surface area contributed by atoms with Crippen LogP contribution in [-0.4, -0.2) is 28.5 Å². The van der Waals surface area contributed by atoms with E-state index in [0.717, 1.165) is 16.9 Å². The van der Waals surface area contributed by atoms with Gasteiger partial charge in [-0.3, -0.25) is 14.2 Å². The number of hydrogen-bond acceptors (Lipinski definition) is 7. The van der Waals surface area contributed by atoms with Crippen LogP contribution >= 0.6 is 11.3 Å². The minimum absolute atomic E-state index is 0.116. The van der Waals surface area contributed by atoms with E-state index in [-0.39, 0.29) is 18.1 Å². The number of amides is 1. The summed E-state index contributed by atoms with van der Waals surface area (Å²) in [5.41, 5.74) is 1.51. The van der Waals surface area contributed by atoms with Crippen molar-refractivity contribution in [2.45, 2.75) is 32.9 Å². The van der Waals surface area contributed by atoms with Crippen LogP contribution in [0.1, 0.15) is 40.2 Å². The van der Waals surface area contributed by atoms with Gasteiger partial charge in [0.1, 0.15) is 23.2 Å². The number of carbonyl (C=O) groups excluding carboxylic acids is 2. The van der Waals surface area contributed by atoms with Crippen LogP contribution in [-0.2, 0) is 16.1 Å². The van der Waals surface area contributed by atoms with E-state index in [2.05, 4.69) is 10.3 Å². The number of thiophene rings is 1.